The van der Waals surface area contributed by atoms with Gasteiger partial charge in [-0.25, -0.2) is 0 Å². The van der Waals surface area contributed by atoms with Gasteiger partial charge in [0.2, 0.25) is 5.91 Å². The summed E-state index contributed by atoms with van der Waals surface area (Å²) in [6.45, 7) is 3.77. The fourth-order valence-corrected chi connectivity index (χ4v) is 3.73. The number of morpholine rings is 1. The van der Waals surface area contributed by atoms with Crippen LogP contribution >= 0.6 is 15.9 Å². The van der Waals surface area contributed by atoms with Crippen LogP contribution in [0, 0.1) is 0 Å². The monoisotopic (exact) mass is 489 g/mol. The van der Waals surface area contributed by atoms with Gasteiger partial charge in [0.25, 0.3) is 5.91 Å². The maximum absolute atomic E-state index is 12.4. The second-order valence-electron chi connectivity index (χ2n) is 7.25. The van der Waals surface area contributed by atoms with Crippen LogP contribution in [0.3, 0.4) is 0 Å². The van der Waals surface area contributed by atoms with Crippen molar-refractivity contribution in [1.29, 1.82) is 0 Å². The fraction of sp³-hybridized carbons (Fsp3) is 0.391. The SMILES string of the molecule is COc1ccc([C@H](CNC(=O)CCNC(=O)c2ccc(Br)cc2)N2CCOCC2)cc1. The minimum absolute atomic E-state index is 0.0520. The zero-order valence-corrected chi connectivity index (χ0v) is 19.2. The Hall–Kier alpha value is -2.42. The molecule has 8 heteroatoms. The van der Waals surface area contributed by atoms with E-state index in [1.807, 2.05) is 36.4 Å². The minimum Gasteiger partial charge on any atom is -0.497 e. The first-order chi connectivity index (χ1) is 15.1. The molecule has 0 spiro atoms. The van der Waals surface area contributed by atoms with Gasteiger partial charge >= 0.3 is 0 Å². The molecule has 2 N–H and O–H groups in total. The molecule has 31 heavy (non-hydrogen) atoms. The van der Waals surface area contributed by atoms with Crippen molar-refractivity contribution in [3.63, 3.8) is 0 Å². The first kappa shape index (κ1) is 23.2. The molecular weight excluding hydrogens is 462 g/mol. The van der Waals surface area contributed by atoms with Gasteiger partial charge in [0, 0.05) is 42.6 Å². The highest BCUT2D eigenvalue weighted by molar-refractivity contribution is 9.10. The molecule has 0 bridgehead atoms. The predicted molar refractivity (Wildman–Crippen MR) is 122 cm³/mol. The smallest absolute Gasteiger partial charge is 0.251 e. The second-order valence-corrected chi connectivity index (χ2v) is 8.17. The van der Waals surface area contributed by atoms with Crippen molar-refractivity contribution >= 4 is 27.7 Å². The van der Waals surface area contributed by atoms with E-state index in [1.54, 1.807) is 19.2 Å². The van der Waals surface area contributed by atoms with Crippen LogP contribution in [-0.2, 0) is 9.53 Å². The first-order valence-corrected chi connectivity index (χ1v) is 11.1. The number of methoxy groups -OCH3 is 1. The first-order valence-electron chi connectivity index (χ1n) is 10.3. The lowest BCUT2D eigenvalue weighted by atomic mass is 10.0. The van der Waals surface area contributed by atoms with E-state index >= 15 is 0 Å². The number of hydrogen-bond donors (Lipinski definition) is 2. The lowest BCUT2D eigenvalue weighted by Crippen LogP contribution is -2.44. The van der Waals surface area contributed by atoms with E-state index in [9.17, 15) is 9.59 Å². The summed E-state index contributed by atoms with van der Waals surface area (Å²) in [6, 6.07) is 15.1. The quantitative estimate of drug-likeness (QED) is 0.565. The molecule has 2 amide bonds. The Morgan fingerprint density at radius 1 is 1.06 bits per heavy atom. The molecule has 1 aliphatic heterocycles. The average molecular weight is 490 g/mol. The maximum atomic E-state index is 12.4. The number of carbonyl (C=O) groups excluding carboxylic acids is 2. The Kier molecular flexibility index (Phi) is 8.87. The van der Waals surface area contributed by atoms with E-state index in [0.29, 0.717) is 25.3 Å². The third-order valence-corrected chi connectivity index (χ3v) is 5.75. The summed E-state index contributed by atoms with van der Waals surface area (Å²) < 4.78 is 11.6. The highest BCUT2D eigenvalue weighted by atomic mass is 79.9. The van der Waals surface area contributed by atoms with Crippen molar-refractivity contribution in [2.24, 2.45) is 0 Å². The van der Waals surface area contributed by atoms with Gasteiger partial charge in [-0.05, 0) is 42.0 Å². The summed E-state index contributed by atoms with van der Waals surface area (Å²) in [5, 5.41) is 5.81. The topological polar surface area (TPSA) is 79.9 Å². The third-order valence-electron chi connectivity index (χ3n) is 5.22. The zero-order valence-electron chi connectivity index (χ0n) is 17.6. The van der Waals surface area contributed by atoms with Crippen molar-refractivity contribution in [2.45, 2.75) is 12.5 Å². The van der Waals surface area contributed by atoms with Gasteiger partial charge in [0.1, 0.15) is 5.75 Å². The van der Waals surface area contributed by atoms with Crippen LogP contribution in [0.25, 0.3) is 0 Å². The molecule has 1 atom stereocenters. The van der Waals surface area contributed by atoms with Gasteiger partial charge in [-0.3, -0.25) is 14.5 Å². The lowest BCUT2D eigenvalue weighted by molar-refractivity contribution is -0.121. The van der Waals surface area contributed by atoms with Crippen LogP contribution in [0.15, 0.2) is 53.0 Å². The van der Waals surface area contributed by atoms with E-state index < -0.39 is 0 Å². The number of nitrogens with one attached hydrogen (secondary N) is 2. The number of amides is 2. The number of carbonyl (C=O) groups is 2. The second kappa shape index (κ2) is 11.8. The van der Waals surface area contributed by atoms with Gasteiger partial charge in [-0.1, -0.05) is 28.1 Å². The summed E-state index contributed by atoms with van der Waals surface area (Å²) in [5.41, 5.74) is 1.68. The Bertz CT molecular complexity index is 852. The standard InChI is InChI=1S/C23H28BrN3O4/c1-30-20-8-4-17(5-9-20)21(27-12-14-31-15-13-27)16-26-22(28)10-11-25-23(29)18-2-6-19(24)7-3-18/h2-9,21H,10-16H2,1H3,(H,25,29)(H,26,28)/t21-/m0/s1. The van der Waals surface area contributed by atoms with Crippen molar-refractivity contribution in [2.75, 3.05) is 46.5 Å². The Morgan fingerprint density at radius 2 is 1.74 bits per heavy atom. The number of nitrogens with zero attached hydrogens (tertiary/aromatic N) is 1. The van der Waals surface area contributed by atoms with Crippen LogP contribution in [-0.4, -0.2) is 63.2 Å². The van der Waals surface area contributed by atoms with E-state index in [2.05, 4.69) is 31.5 Å². The van der Waals surface area contributed by atoms with E-state index in [4.69, 9.17) is 9.47 Å². The largest absolute Gasteiger partial charge is 0.497 e. The third kappa shape index (κ3) is 7.05. The molecule has 1 aliphatic rings. The summed E-state index contributed by atoms with van der Waals surface area (Å²) in [7, 11) is 1.64. The number of halogens is 1. The van der Waals surface area contributed by atoms with E-state index in [0.717, 1.165) is 28.9 Å². The normalized spacial score (nSPS) is 15.2. The molecule has 1 fully saturated rings. The van der Waals surface area contributed by atoms with Gasteiger partial charge in [0.15, 0.2) is 0 Å². The van der Waals surface area contributed by atoms with Crippen molar-refractivity contribution in [1.82, 2.24) is 15.5 Å². The molecule has 0 saturated carbocycles. The molecule has 0 aliphatic carbocycles. The van der Waals surface area contributed by atoms with Gasteiger partial charge in [0.05, 0.1) is 26.4 Å². The van der Waals surface area contributed by atoms with Crippen LogP contribution < -0.4 is 15.4 Å². The minimum atomic E-state index is -0.190. The van der Waals surface area contributed by atoms with Crippen molar-refractivity contribution in [3.05, 3.63) is 64.1 Å². The maximum Gasteiger partial charge on any atom is 0.251 e. The number of ether oxygens (including phenoxy) is 2. The molecule has 3 rings (SSSR count). The van der Waals surface area contributed by atoms with Gasteiger partial charge < -0.3 is 20.1 Å². The molecule has 166 valence electrons. The van der Waals surface area contributed by atoms with Crippen LogP contribution in [0.5, 0.6) is 5.75 Å². The average Bonchev–Trinajstić information content (AvgIpc) is 2.80. The fourth-order valence-electron chi connectivity index (χ4n) is 3.46. The Morgan fingerprint density at radius 3 is 2.39 bits per heavy atom. The molecule has 2 aromatic rings. The highest BCUT2D eigenvalue weighted by Gasteiger charge is 2.23. The molecule has 7 nitrogen and oxygen atoms in total. The summed E-state index contributed by atoms with van der Waals surface area (Å²) in [6.07, 6.45) is 0.223. The van der Waals surface area contributed by atoms with Crippen molar-refractivity contribution in [3.8, 4) is 5.75 Å². The number of benzene rings is 2. The molecule has 2 aromatic carbocycles. The van der Waals surface area contributed by atoms with Crippen molar-refractivity contribution < 1.29 is 19.1 Å². The summed E-state index contributed by atoms with van der Waals surface area (Å²) >= 11 is 3.35. The highest BCUT2D eigenvalue weighted by Crippen LogP contribution is 2.23. The number of rotatable bonds is 9. The van der Waals surface area contributed by atoms with Gasteiger partial charge in [-0.2, -0.15) is 0 Å². The Labute approximate surface area is 191 Å². The van der Waals surface area contributed by atoms with Crippen LogP contribution in [0.1, 0.15) is 28.4 Å². The molecule has 0 radical (unpaired) electrons. The zero-order chi connectivity index (χ0) is 22.1. The summed E-state index contributed by atoms with van der Waals surface area (Å²) in [4.78, 5) is 26.9. The summed E-state index contributed by atoms with van der Waals surface area (Å²) in [5.74, 6) is 0.516. The predicted octanol–water partition coefficient (Wildman–Crippen LogP) is 2.77. The van der Waals surface area contributed by atoms with Crippen LogP contribution in [0.2, 0.25) is 0 Å². The van der Waals surface area contributed by atoms with Crippen LogP contribution in [0.4, 0.5) is 0 Å². The molecule has 1 heterocycles. The molecule has 1 saturated heterocycles. The molecular formula is C23H28BrN3O4. The lowest BCUT2D eigenvalue weighted by Gasteiger charge is -2.35. The number of hydrogen-bond acceptors (Lipinski definition) is 5. The van der Waals surface area contributed by atoms with E-state index in [1.165, 1.54) is 0 Å². The molecule has 0 unspecified atom stereocenters. The molecule has 0 aromatic heterocycles. The Balaban J connectivity index is 1.50. The van der Waals surface area contributed by atoms with E-state index in [-0.39, 0.29) is 30.8 Å². The van der Waals surface area contributed by atoms with Gasteiger partial charge in [-0.15, -0.1) is 0 Å².